The van der Waals surface area contributed by atoms with Gasteiger partial charge in [-0.05, 0) is 42.9 Å². The van der Waals surface area contributed by atoms with Gasteiger partial charge >= 0.3 is 6.18 Å². The van der Waals surface area contributed by atoms with Crippen molar-refractivity contribution < 1.29 is 13.2 Å². The molecule has 1 aromatic heterocycles. The highest BCUT2D eigenvalue weighted by Crippen LogP contribution is 2.36. The molecule has 0 fully saturated rings. The third-order valence-electron chi connectivity index (χ3n) is 3.83. The van der Waals surface area contributed by atoms with Crippen LogP contribution in [0.4, 0.5) is 24.0 Å². The van der Waals surface area contributed by atoms with Gasteiger partial charge in [0.2, 0.25) is 0 Å². The number of fused-ring (bicyclic) bond motifs is 1. The van der Waals surface area contributed by atoms with Gasteiger partial charge in [-0.2, -0.15) is 13.2 Å². The van der Waals surface area contributed by atoms with E-state index >= 15 is 0 Å². The van der Waals surface area contributed by atoms with E-state index in [2.05, 4.69) is 10.3 Å². The third kappa shape index (κ3) is 3.52. The van der Waals surface area contributed by atoms with Gasteiger partial charge in [0.15, 0.2) is 5.13 Å². The van der Waals surface area contributed by atoms with Crippen LogP contribution in [0.5, 0.6) is 0 Å². The monoisotopic (exact) mass is 327 g/mol. The lowest BCUT2D eigenvalue weighted by Crippen LogP contribution is -2.21. The Morgan fingerprint density at radius 1 is 1.27 bits per heavy atom. The quantitative estimate of drug-likeness (QED) is 0.897. The zero-order valence-electron chi connectivity index (χ0n) is 11.8. The Morgan fingerprint density at radius 2 is 2.00 bits per heavy atom. The minimum atomic E-state index is -4.20. The number of aryl methyl sites for hydroxylation is 1. The van der Waals surface area contributed by atoms with Crippen LogP contribution >= 0.6 is 11.3 Å². The molecule has 0 saturated heterocycles. The first kappa shape index (κ1) is 15.1. The molecule has 0 aliphatic heterocycles. The highest BCUT2D eigenvalue weighted by atomic mass is 32.1. The van der Waals surface area contributed by atoms with Crippen LogP contribution in [0.25, 0.3) is 0 Å². The predicted molar refractivity (Wildman–Crippen MR) is 82.3 cm³/mol. The first-order valence-corrected chi connectivity index (χ1v) is 7.87. The van der Waals surface area contributed by atoms with Gasteiger partial charge in [-0.25, -0.2) is 4.98 Å². The van der Waals surface area contributed by atoms with Gasteiger partial charge in [0.05, 0.1) is 5.69 Å². The lowest BCUT2D eigenvalue weighted by atomic mass is 9.85. The molecule has 1 aromatic carbocycles. The number of anilines is 2. The maximum atomic E-state index is 12.2. The molecule has 0 bridgehead atoms. The first-order chi connectivity index (χ1) is 10.4. The molecule has 1 unspecified atom stereocenters. The van der Waals surface area contributed by atoms with Crippen LogP contribution in [0.2, 0.25) is 0 Å². The molecule has 2 aromatic rings. The topological polar surface area (TPSA) is 50.9 Å². The summed E-state index contributed by atoms with van der Waals surface area (Å²) in [6, 6.07) is 7.22. The van der Waals surface area contributed by atoms with E-state index in [4.69, 9.17) is 5.73 Å². The van der Waals surface area contributed by atoms with E-state index in [9.17, 15) is 13.2 Å². The second kappa shape index (κ2) is 5.79. The van der Waals surface area contributed by atoms with Crippen molar-refractivity contribution >= 4 is 22.2 Å². The number of hydrogen-bond donors (Lipinski definition) is 2. The summed E-state index contributed by atoms with van der Waals surface area (Å²) in [4.78, 5) is 5.55. The zero-order valence-corrected chi connectivity index (χ0v) is 12.6. The van der Waals surface area contributed by atoms with Crippen molar-refractivity contribution in [1.82, 2.24) is 4.98 Å². The van der Waals surface area contributed by atoms with Crippen LogP contribution in [0.3, 0.4) is 0 Å². The van der Waals surface area contributed by atoms with Crippen LogP contribution in [-0.2, 0) is 12.8 Å². The molecule has 1 atom stereocenters. The number of nitrogens with one attached hydrogen (secondary N) is 1. The second-order valence-electron chi connectivity index (χ2n) is 5.45. The van der Waals surface area contributed by atoms with Gasteiger partial charge in [-0.1, -0.05) is 12.1 Å². The first-order valence-electron chi connectivity index (χ1n) is 7.05. The molecule has 118 valence electrons. The van der Waals surface area contributed by atoms with Crippen molar-refractivity contribution in [1.29, 1.82) is 0 Å². The minimum absolute atomic E-state index is 0.379. The summed E-state index contributed by atoms with van der Waals surface area (Å²) in [6.45, 7) is -1.01. The number of nitrogens with two attached hydrogens (primary N) is 1. The molecule has 1 aliphatic carbocycles. The molecule has 0 saturated carbocycles. The molecule has 1 aliphatic rings. The van der Waals surface area contributed by atoms with E-state index in [1.807, 2.05) is 12.1 Å². The van der Waals surface area contributed by atoms with E-state index in [0.29, 0.717) is 16.7 Å². The van der Waals surface area contributed by atoms with Gasteiger partial charge in [0, 0.05) is 10.6 Å². The molecular weight excluding hydrogens is 311 g/mol. The Balaban J connectivity index is 1.66. The Labute approximate surface area is 130 Å². The van der Waals surface area contributed by atoms with Crippen molar-refractivity contribution in [3.63, 3.8) is 0 Å². The summed E-state index contributed by atoms with van der Waals surface area (Å²) >= 11 is 1.53. The highest BCUT2D eigenvalue weighted by Gasteiger charge is 2.27. The Kier molecular flexibility index (Phi) is 3.99. The summed E-state index contributed by atoms with van der Waals surface area (Å²) in [7, 11) is 0. The maximum Gasteiger partial charge on any atom is 0.405 e. The van der Waals surface area contributed by atoms with Crippen molar-refractivity contribution in [2.24, 2.45) is 0 Å². The lowest BCUT2D eigenvalue weighted by molar-refractivity contribution is -0.115. The van der Waals surface area contributed by atoms with Gasteiger partial charge < -0.3 is 11.1 Å². The minimum Gasteiger partial charge on any atom is -0.376 e. The van der Waals surface area contributed by atoms with E-state index in [-0.39, 0.29) is 0 Å². The molecule has 3 nitrogen and oxygen atoms in total. The average molecular weight is 327 g/mol. The number of benzene rings is 1. The highest BCUT2D eigenvalue weighted by molar-refractivity contribution is 7.15. The van der Waals surface area contributed by atoms with Crippen LogP contribution in [0.1, 0.15) is 28.5 Å². The summed E-state index contributed by atoms with van der Waals surface area (Å²) in [5, 5.41) is 2.99. The lowest BCUT2D eigenvalue weighted by Gasteiger charge is -2.21. The Hall–Kier alpha value is -1.76. The zero-order chi connectivity index (χ0) is 15.7. The van der Waals surface area contributed by atoms with Crippen molar-refractivity contribution in [2.75, 3.05) is 17.6 Å². The average Bonchev–Trinajstić information content (AvgIpc) is 2.84. The largest absolute Gasteiger partial charge is 0.405 e. The third-order valence-corrected chi connectivity index (χ3v) is 4.78. The number of halogens is 3. The van der Waals surface area contributed by atoms with E-state index in [1.54, 1.807) is 12.1 Å². The van der Waals surface area contributed by atoms with Crippen LogP contribution < -0.4 is 11.1 Å². The van der Waals surface area contributed by atoms with Crippen molar-refractivity contribution in [3.8, 4) is 0 Å². The molecule has 7 heteroatoms. The number of rotatable bonds is 3. The van der Waals surface area contributed by atoms with Gasteiger partial charge in [0.1, 0.15) is 6.54 Å². The molecule has 1 heterocycles. The van der Waals surface area contributed by atoms with Crippen molar-refractivity contribution in [3.05, 3.63) is 40.4 Å². The molecule has 0 spiro atoms. The van der Waals surface area contributed by atoms with Gasteiger partial charge in [-0.3, -0.25) is 0 Å². The fourth-order valence-electron chi connectivity index (χ4n) is 2.75. The number of nitrogens with zero attached hydrogens (tertiary/aromatic N) is 1. The maximum absolute atomic E-state index is 12.2. The fourth-order valence-corrected chi connectivity index (χ4v) is 3.71. The molecular formula is C15H16F3N3S. The number of hydrogen-bond acceptors (Lipinski definition) is 4. The normalized spacial score (nSPS) is 18.0. The van der Waals surface area contributed by atoms with E-state index in [1.165, 1.54) is 16.2 Å². The molecule has 22 heavy (non-hydrogen) atoms. The number of nitrogen functional groups attached to an aromatic ring is 1. The molecule has 3 rings (SSSR count). The van der Waals surface area contributed by atoms with Crippen molar-refractivity contribution in [2.45, 2.75) is 31.4 Å². The van der Waals surface area contributed by atoms with E-state index in [0.717, 1.165) is 30.5 Å². The summed E-state index contributed by atoms with van der Waals surface area (Å²) < 4.78 is 36.5. The van der Waals surface area contributed by atoms with Crippen LogP contribution in [-0.4, -0.2) is 17.7 Å². The number of alkyl halides is 3. The van der Waals surface area contributed by atoms with Gasteiger partial charge in [-0.15, -0.1) is 11.3 Å². The second-order valence-corrected chi connectivity index (χ2v) is 6.57. The SMILES string of the molecule is Nc1nc2c(s1)CC(c1ccc(NCC(F)(F)F)cc1)CC2. The summed E-state index contributed by atoms with van der Waals surface area (Å²) in [5.41, 5.74) is 8.47. The molecule has 3 N–H and O–H groups in total. The number of aromatic nitrogens is 1. The smallest absolute Gasteiger partial charge is 0.376 e. The molecule has 0 amide bonds. The molecule has 0 radical (unpaired) electrons. The van der Waals surface area contributed by atoms with Crippen LogP contribution in [0.15, 0.2) is 24.3 Å². The Bertz CT molecular complexity index is 649. The van der Waals surface area contributed by atoms with Gasteiger partial charge in [0.25, 0.3) is 0 Å². The summed E-state index contributed by atoms with van der Waals surface area (Å²) in [5.74, 6) is 0.379. The van der Waals surface area contributed by atoms with E-state index < -0.39 is 12.7 Å². The van der Waals surface area contributed by atoms with Crippen LogP contribution in [0, 0.1) is 0 Å². The Morgan fingerprint density at radius 3 is 2.68 bits per heavy atom. The standard InChI is InChI=1S/C15H16F3N3S/c16-15(17,18)8-20-11-4-1-9(2-5-11)10-3-6-12-13(7-10)22-14(19)21-12/h1-2,4-5,10,20H,3,6-8H2,(H2,19,21). The number of thiazole rings is 1. The summed E-state index contributed by atoms with van der Waals surface area (Å²) in [6.07, 6.45) is -1.41. The predicted octanol–water partition coefficient (Wildman–Crippen LogP) is 3.97. The fraction of sp³-hybridized carbons (Fsp3) is 0.400.